The summed E-state index contributed by atoms with van der Waals surface area (Å²) in [6.07, 6.45) is 4.04. The van der Waals surface area contributed by atoms with Gasteiger partial charge in [-0.15, -0.1) is 0 Å². The van der Waals surface area contributed by atoms with Gasteiger partial charge in [-0.1, -0.05) is 60.7 Å². The van der Waals surface area contributed by atoms with Crippen LogP contribution in [0.5, 0.6) is 0 Å². The van der Waals surface area contributed by atoms with Gasteiger partial charge in [0, 0.05) is 45.3 Å². The van der Waals surface area contributed by atoms with Gasteiger partial charge in [-0.2, -0.15) is 0 Å². The molecular formula is C40H36N8O6. The number of amides is 4. The van der Waals surface area contributed by atoms with Crippen LogP contribution >= 0.6 is 0 Å². The van der Waals surface area contributed by atoms with Crippen molar-refractivity contribution >= 4 is 68.4 Å². The molecule has 0 fully saturated rings. The molecule has 272 valence electrons. The van der Waals surface area contributed by atoms with Gasteiger partial charge in [-0.3, -0.25) is 28.8 Å². The Bertz CT molecular complexity index is 2310. The lowest BCUT2D eigenvalue weighted by molar-refractivity contribution is -0.125. The maximum Gasteiger partial charge on any atom is 0.243 e. The fourth-order valence-corrected chi connectivity index (χ4v) is 6.68. The van der Waals surface area contributed by atoms with E-state index >= 15 is 0 Å². The number of benzene rings is 4. The van der Waals surface area contributed by atoms with E-state index in [4.69, 9.17) is 11.5 Å². The highest BCUT2D eigenvalue weighted by Gasteiger charge is 2.35. The van der Waals surface area contributed by atoms with Gasteiger partial charge in [0.15, 0.2) is 11.6 Å². The van der Waals surface area contributed by atoms with E-state index < -0.39 is 60.4 Å². The molecule has 14 heteroatoms. The van der Waals surface area contributed by atoms with Crippen LogP contribution in [0.2, 0.25) is 0 Å². The number of H-pyrrole nitrogens is 2. The van der Waals surface area contributed by atoms with Crippen LogP contribution in [0.25, 0.3) is 21.8 Å². The minimum Gasteiger partial charge on any atom is -0.361 e. The Morgan fingerprint density at radius 3 is 1.37 bits per heavy atom. The zero-order valence-corrected chi connectivity index (χ0v) is 28.8. The van der Waals surface area contributed by atoms with Crippen LogP contribution in [0.3, 0.4) is 0 Å². The standard InChI is InChI=1S/C40H36N8O6/c41-27(15-21-17-43-29-11-5-3-7-23(21)29)39(53)45-19-33(49)47-31-13-14-32(36-35(31)37(51)25-9-1-2-10-26(25)38(36)52)48-34(50)20-46-40(54)28(42)16-22-18-44-30-12-6-4-8-24(22)30/h1-14,17-18,27-28,43-44H,15-16,19-20,41-42H2,(H,45,53)(H,46,54)(H,47,49)(H,48,50)/t27-,28-/m0/s1. The van der Waals surface area contributed by atoms with E-state index in [1.807, 2.05) is 48.5 Å². The summed E-state index contributed by atoms with van der Waals surface area (Å²) in [5, 5.41) is 12.2. The summed E-state index contributed by atoms with van der Waals surface area (Å²) >= 11 is 0. The fourth-order valence-electron chi connectivity index (χ4n) is 6.68. The van der Waals surface area contributed by atoms with E-state index in [1.165, 1.54) is 24.3 Å². The molecule has 54 heavy (non-hydrogen) atoms. The van der Waals surface area contributed by atoms with Crippen molar-refractivity contribution in [1.29, 1.82) is 0 Å². The van der Waals surface area contributed by atoms with Crippen LogP contribution in [0, 0.1) is 0 Å². The molecule has 14 nitrogen and oxygen atoms in total. The summed E-state index contributed by atoms with van der Waals surface area (Å²) in [6, 6.07) is 22.3. The molecule has 1 aliphatic carbocycles. The predicted molar refractivity (Wildman–Crippen MR) is 203 cm³/mol. The highest BCUT2D eigenvalue weighted by molar-refractivity contribution is 6.32. The molecule has 6 aromatic rings. The largest absolute Gasteiger partial charge is 0.361 e. The highest BCUT2D eigenvalue weighted by atomic mass is 16.2. The van der Waals surface area contributed by atoms with Crippen molar-refractivity contribution in [2.75, 3.05) is 23.7 Å². The number of ketones is 2. The lowest BCUT2D eigenvalue weighted by atomic mass is 9.82. The zero-order chi connectivity index (χ0) is 37.9. The second-order valence-corrected chi connectivity index (χ2v) is 13.0. The van der Waals surface area contributed by atoms with Gasteiger partial charge in [0.25, 0.3) is 0 Å². The summed E-state index contributed by atoms with van der Waals surface area (Å²) in [6.45, 7) is -0.927. The third-order valence-corrected chi connectivity index (χ3v) is 9.37. The zero-order valence-electron chi connectivity index (χ0n) is 28.8. The topological polar surface area (TPSA) is 234 Å². The van der Waals surface area contributed by atoms with Crippen molar-refractivity contribution in [2.24, 2.45) is 11.5 Å². The number of carbonyl (C=O) groups is 6. The number of hydrogen-bond donors (Lipinski definition) is 8. The van der Waals surface area contributed by atoms with E-state index in [0.29, 0.717) is 0 Å². The third kappa shape index (κ3) is 7.11. The van der Waals surface area contributed by atoms with Crippen molar-refractivity contribution in [2.45, 2.75) is 24.9 Å². The Morgan fingerprint density at radius 2 is 0.944 bits per heavy atom. The molecular weight excluding hydrogens is 688 g/mol. The number of hydrogen-bond acceptors (Lipinski definition) is 8. The fraction of sp³-hybridized carbons (Fsp3) is 0.150. The van der Waals surface area contributed by atoms with Crippen molar-refractivity contribution in [3.8, 4) is 0 Å². The smallest absolute Gasteiger partial charge is 0.243 e. The Balaban J connectivity index is 1.02. The lowest BCUT2D eigenvalue weighted by Gasteiger charge is -2.23. The first-order chi connectivity index (χ1) is 26.1. The second-order valence-electron chi connectivity index (χ2n) is 13.0. The van der Waals surface area contributed by atoms with Gasteiger partial charge >= 0.3 is 0 Å². The minimum atomic E-state index is -0.941. The molecule has 2 heterocycles. The van der Waals surface area contributed by atoms with Crippen molar-refractivity contribution in [3.63, 3.8) is 0 Å². The van der Waals surface area contributed by atoms with Crippen LogP contribution in [0.15, 0.2) is 97.3 Å². The van der Waals surface area contributed by atoms with Gasteiger partial charge < -0.3 is 42.7 Å². The number of nitrogens with two attached hydrogens (primary N) is 2. The van der Waals surface area contributed by atoms with Crippen molar-refractivity contribution in [3.05, 3.63) is 131 Å². The van der Waals surface area contributed by atoms with Gasteiger partial charge in [0.05, 0.1) is 47.7 Å². The number of anilines is 2. The molecule has 2 atom stereocenters. The molecule has 0 saturated heterocycles. The number of aromatic nitrogens is 2. The Hall–Kier alpha value is -6.90. The first kappa shape index (κ1) is 35.5. The molecule has 4 amide bonds. The van der Waals surface area contributed by atoms with E-state index in [9.17, 15) is 28.8 Å². The predicted octanol–water partition coefficient (Wildman–Crippen LogP) is 2.67. The lowest BCUT2D eigenvalue weighted by Crippen LogP contribution is -2.45. The maximum atomic E-state index is 13.8. The maximum absolute atomic E-state index is 13.8. The Kier molecular flexibility index (Phi) is 9.85. The first-order valence-corrected chi connectivity index (χ1v) is 17.2. The Labute approximate surface area is 308 Å². The summed E-state index contributed by atoms with van der Waals surface area (Å²) in [4.78, 5) is 85.8. The van der Waals surface area contributed by atoms with Crippen LogP contribution < -0.4 is 32.7 Å². The number of nitrogens with one attached hydrogen (secondary N) is 6. The van der Waals surface area contributed by atoms with E-state index in [0.717, 1.165) is 32.9 Å². The molecule has 1 aliphatic rings. The number of rotatable bonds is 12. The molecule has 0 aliphatic heterocycles. The molecule has 7 rings (SSSR count). The molecule has 0 saturated carbocycles. The first-order valence-electron chi connectivity index (χ1n) is 17.2. The summed E-state index contributed by atoms with van der Waals surface area (Å²) < 4.78 is 0. The van der Waals surface area contributed by atoms with Crippen molar-refractivity contribution < 1.29 is 28.8 Å². The molecule has 2 aromatic heterocycles. The number of aromatic amines is 2. The number of fused-ring (bicyclic) bond motifs is 4. The van der Waals surface area contributed by atoms with Crippen LogP contribution in [-0.4, -0.2) is 70.3 Å². The van der Waals surface area contributed by atoms with Gasteiger partial charge in [-0.05, 0) is 48.2 Å². The number of para-hydroxylation sites is 2. The normalized spacial score (nSPS) is 13.1. The van der Waals surface area contributed by atoms with E-state index in [-0.39, 0.29) is 46.5 Å². The molecule has 4 aromatic carbocycles. The monoisotopic (exact) mass is 724 g/mol. The second kappa shape index (κ2) is 15.0. The summed E-state index contributed by atoms with van der Waals surface area (Å²) in [5.41, 5.74) is 15.9. The molecule has 0 spiro atoms. The van der Waals surface area contributed by atoms with Crippen LogP contribution in [0.1, 0.15) is 43.0 Å². The van der Waals surface area contributed by atoms with E-state index in [2.05, 4.69) is 31.2 Å². The molecule has 0 radical (unpaired) electrons. The average Bonchev–Trinajstić information content (AvgIpc) is 3.79. The quantitative estimate of drug-likeness (QED) is 0.0931. The van der Waals surface area contributed by atoms with Crippen LogP contribution in [0.4, 0.5) is 11.4 Å². The number of carbonyl (C=O) groups excluding carboxylic acids is 6. The highest BCUT2D eigenvalue weighted by Crippen LogP contribution is 2.36. The molecule has 10 N–H and O–H groups in total. The molecule has 0 unspecified atom stereocenters. The SMILES string of the molecule is N[C@@H](Cc1c[nH]c2ccccc12)C(=O)NCC(=O)Nc1ccc(NC(=O)CNC(=O)[C@@H](N)Cc2c[nH]c3ccccc23)c2c1C(=O)c1ccccc1C2=O. The third-order valence-electron chi connectivity index (χ3n) is 9.37. The van der Waals surface area contributed by atoms with Gasteiger partial charge in [0.2, 0.25) is 23.6 Å². The van der Waals surface area contributed by atoms with Crippen molar-refractivity contribution in [1.82, 2.24) is 20.6 Å². The van der Waals surface area contributed by atoms with E-state index in [1.54, 1.807) is 24.5 Å². The molecule has 0 bridgehead atoms. The Morgan fingerprint density at radius 1 is 0.556 bits per heavy atom. The van der Waals surface area contributed by atoms with Gasteiger partial charge in [0.1, 0.15) is 0 Å². The minimum absolute atomic E-state index is 0.00903. The average molecular weight is 725 g/mol. The van der Waals surface area contributed by atoms with Gasteiger partial charge in [-0.25, -0.2) is 0 Å². The summed E-state index contributed by atoms with van der Waals surface area (Å²) in [5.74, 6) is -3.55. The van der Waals surface area contributed by atoms with Crippen LogP contribution in [-0.2, 0) is 32.0 Å². The summed E-state index contributed by atoms with van der Waals surface area (Å²) in [7, 11) is 0.